The number of carbonyl (C=O) groups excluding carboxylic acids is 1. The van der Waals surface area contributed by atoms with Gasteiger partial charge in [-0.15, -0.1) is 0 Å². The van der Waals surface area contributed by atoms with Gasteiger partial charge in [0, 0.05) is 12.8 Å². The highest BCUT2D eigenvalue weighted by Crippen LogP contribution is 2.23. The largest absolute Gasteiger partial charge is 0.414 e. The van der Waals surface area contributed by atoms with Crippen molar-refractivity contribution in [1.29, 1.82) is 0 Å². The molecule has 0 radical (unpaired) electrons. The van der Waals surface area contributed by atoms with Crippen molar-refractivity contribution in [3.63, 3.8) is 0 Å². The van der Waals surface area contributed by atoms with E-state index < -0.39 is 24.5 Å². The van der Waals surface area contributed by atoms with Crippen molar-refractivity contribution in [3.05, 3.63) is 0 Å². The topological polar surface area (TPSA) is 37.3 Å². The smallest absolute Gasteiger partial charge is 0.383 e. The summed E-state index contributed by atoms with van der Waals surface area (Å²) in [5.41, 5.74) is 0. The fourth-order valence-corrected chi connectivity index (χ4v) is 1.89. The van der Waals surface area contributed by atoms with E-state index in [1.807, 2.05) is 0 Å². The van der Waals surface area contributed by atoms with E-state index in [4.69, 9.17) is 5.11 Å². The lowest BCUT2D eigenvalue weighted by atomic mass is 10.0. The first-order chi connectivity index (χ1) is 8.88. The molecule has 0 fully saturated rings. The van der Waals surface area contributed by atoms with Gasteiger partial charge in [-0.05, 0) is 6.42 Å². The van der Waals surface area contributed by atoms with Crippen LogP contribution in [0.15, 0.2) is 0 Å². The number of hydrogen-bond donors (Lipinski definition) is 1. The molecule has 2 nitrogen and oxygen atoms in total. The third kappa shape index (κ3) is 11.0. The van der Waals surface area contributed by atoms with E-state index in [-0.39, 0.29) is 6.42 Å². The molecule has 0 saturated carbocycles. The number of halogens is 3. The Hall–Kier alpha value is -0.580. The van der Waals surface area contributed by atoms with Crippen LogP contribution in [0.3, 0.4) is 0 Å². The lowest BCUT2D eigenvalue weighted by molar-refractivity contribution is -0.205. The molecule has 1 unspecified atom stereocenters. The minimum atomic E-state index is -4.69. The van der Waals surface area contributed by atoms with Gasteiger partial charge in [0.2, 0.25) is 0 Å². The van der Waals surface area contributed by atoms with E-state index in [2.05, 4.69) is 6.92 Å². The van der Waals surface area contributed by atoms with Crippen molar-refractivity contribution in [2.24, 2.45) is 0 Å². The monoisotopic (exact) mass is 282 g/mol. The van der Waals surface area contributed by atoms with Crippen LogP contribution < -0.4 is 0 Å². The van der Waals surface area contributed by atoms with Crippen molar-refractivity contribution in [3.8, 4) is 0 Å². The lowest BCUT2D eigenvalue weighted by Gasteiger charge is -2.13. The first-order valence-electron chi connectivity index (χ1n) is 7.14. The minimum absolute atomic E-state index is 0.141. The normalized spacial score (nSPS) is 13.5. The van der Waals surface area contributed by atoms with Gasteiger partial charge in [-0.3, -0.25) is 4.79 Å². The number of rotatable bonds is 11. The molecule has 0 saturated heterocycles. The van der Waals surface area contributed by atoms with Crippen LogP contribution in [0.1, 0.15) is 71.1 Å². The van der Waals surface area contributed by atoms with Crippen molar-refractivity contribution >= 4 is 5.78 Å². The number of ketones is 1. The van der Waals surface area contributed by atoms with Crippen LogP contribution in [-0.4, -0.2) is 23.2 Å². The van der Waals surface area contributed by atoms with Gasteiger partial charge in [-0.1, -0.05) is 51.9 Å². The zero-order valence-corrected chi connectivity index (χ0v) is 11.6. The Bertz CT molecular complexity index is 239. The number of carbonyl (C=O) groups is 1. The van der Waals surface area contributed by atoms with Gasteiger partial charge in [0.1, 0.15) is 5.78 Å². The lowest BCUT2D eigenvalue weighted by Crippen LogP contribution is -2.30. The van der Waals surface area contributed by atoms with E-state index in [0.29, 0.717) is 6.42 Å². The van der Waals surface area contributed by atoms with Gasteiger partial charge in [0.15, 0.2) is 6.10 Å². The van der Waals surface area contributed by atoms with Gasteiger partial charge in [-0.2, -0.15) is 13.2 Å². The van der Waals surface area contributed by atoms with Crippen LogP contribution in [0.4, 0.5) is 13.2 Å². The van der Waals surface area contributed by atoms with E-state index in [0.717, 1.165) is 19.3 Å². The number of Topliss-reactive ketones (excluding diaryl/α,β-unsaturated/α-hetero) is 1. The molecule has 0 bridgehead atoms. The number of unbranched alkanes of at least 4 members (excludes halogenated alkanes) is 7. The summed E-state index contributed by atoms with van der Waals surface area (Å²) in [6.07, 6.45) is 0.659. The highest BCUT2D eigenvalue weighted by molar-refractivity contribution is 5.78. The van der Waals surface area contributed by atoms with Gasteiger partial charge in [-0.25, -0.2) is 0 Å². The Morgan fingerprint density at radius 1 is 1.00 bits per heavy atom. The zero-order valence-electron chi connectivity index (χ0n) is 11.6. The summed E-state index contributed by atoms with van der Waals surface area (Å²) >= 11 is 0. The van der Waals surface area contributed by atoms with Gasteiger partial charge < -0.3 is 5.11 Å². The van der Waals surface area contributed by atoms with Crippen LogP contribution in [0.2, 0.25) is 0 Å². The van der Waals surface area contributed by atoms with Crippen LogP contribution in [-0.2, 0) is 4.79 Å². The van der Waals surface area contributed by atoms with Crippen molar-refractivity contribution in [1.82, 2.24) is 0 Å². The predicted molar refractivity (Wildman–Crippen MR) is 68.9 cm³/mol. The molecular formula is C14H25F3O2. The molecule has 19 heavy (non-hydrogen) atoms. The Labute approximate surface area is 113 Å². The molecule has 1 atom stereocenters. The molecule has 114 valence electrons. The van der Waals surface area contributed by atoms with Crippen molar-refractivity contribution < 1.29 is 23.1 Å². The standard InChI is InChI=1S/C14H25F3O2/c1-2-3-4-5-6-7-8-9-10-12(18)11-13(19)14(15,16)17/h13,19H,2-11H2,1H3. The van der Waals surface area contributed by atoms with Crippen molar-refractivity contribution in [2.75, 3.05) is 0 Å². The second-order valence-electron chi connectivity index (χ2n) is 5.03. The fourth-order valence-electron chi connectivity index (χ4n) is 1.89. The van der Waals surface area contributed by atoms with E-state index >= 15 is 0 Å². The maximum atomic E-state index is 12.0. The highest BCUT2D eigenvalue weighted by atomic mass is 19.4. The molecule has 0 aromatic rings. The summed E-state index contributed by atoms with van der Waals surface area (Å²) in [4.78, 5) is 11.2. The molecular weight excluding hydrogens is 257 g/mol. The molecule has 0 aliphatic heterocycles. The second-order valence-corrected chi connectivity index (χ2v) is 5.03. The molecule has 0 amide bonds. The van der Waals surface area contributed by atoms with Crippen LogP contribution in [0.5, 0.6) is 0 Å². The Morgan fingerprint density at radius 2 is 1.47 bits per heavy atom. The number of aliphatic hydroxyl groups is 1. The third-order valence-electron chi connectivity index (χ3n) is 3.11. The quantitative estimate of drug-likeness (QED) is 0.570. The molecule has 0 aromatic heterocycles. The van der Waals surface area contributed by atoms with Crippen molar-refractivity contribution in [2.45, 2.75) is 83.4 Å². The van der Waals surface area contributed by atoms with Crippen LogP contribution in [0, 0.1) is 0 Å². The van der Waals surface area contributed by atoms with Gasteiger partial charge in [0.25, 0.3) is 0 Å². The summed E-state index contributed by atoms with van der Waals surface area (Å²) in [5, 5.41) is 8.73. The third-order valence-corrected chi connectivity index (χ3v) is 3.11. The average Bonchev–Trinajstić information content (AvgIpc) is 2.31. The first kappa shape index (κ1) is 18.4. The van der Waals surface area contributed by atoms with E-state index in [1.165, 1.54) is 25.7 Å². The first-order valence-corrected chi connectivity index (χ1v) is 7.14. The Kier molecular flexibility index (Phi) is 9.92. The highest BCUT2D eigenvalue weighted by Gasteiger charge is 2.39. The number of alkyl halides is 3. The SMILES string of the molecule is CCCCCCCCCCC(=O)CC(O)C(F)(F)F. The molecule has 0 rings (SSSR count). The minimum Gasteiger partial charge on any atom is -0.383 e. The molecule has 5 heteroatoms. The Balaban J connectivity index is 3.44. The fraction of sp³-hybridized carbons (Fsp3) is 0.929. The molecule has 1 N–H and O–H groups in total. The van der Waals surface area contributed by atoms with Gasteiger partial charge >= 0.3 is 6.18 Å². The molecule has 0 aromatic carbocycles. The second kappa shape index (κ2) is 10.2. The van der Waals surface area contributed by atoms with E-state index in [1.54, 1.807) is 0 Å². The summed E-state index contributed by atoms with van der Waals surface area (Å²) in [6, 6.07) is 0. The van der Waals surface area contributed by atoms with Gasteiger partial charge in [0.05, 0.1) is 0 Å². The maximum absolute atomic E-state index is 12.0. The van der Waals surface area contributed by atoms with Crippen LogP contribution in [0.25, 0.3) is 0 Å². The molecule has 0 aliphatic carbocycles. The summed E-state index contributed by atoms with van der Waals surface area (Å²) in [5.74, 6) is -0.504. The summed E-state index contributed by atoms with van der Waals surface area (Å²) < 4.78 is 36.0. The Morgan fingerprint density at radius 3 is 1.95 bits per heavy atom. The number of aliphatic hydroxyl groups excluding tert-OH is 1. The molecule has 0 spiro atoms. The zero-order chi connectivity index (χ0) is 14.7. The maximum Gasteiger partial charge on any atom is 0.414 e. The molecule has 0 aliphatic rings. The predicted octanol–water partition coefficient (Wildman–Crippen LogP) is 4.40. The average molecular weight is 282 g/mol. The van der Waals surface area contributed by atoms with E-state index in [9.17, 15) is 18.0 Å². The van der Waals surface area contributed by atoms with Crippen LogP contribution >= 0.6 is 0 Å². The molecule has 0 heterocycles. The summed E-state index contributed by atoms with van der Waals surface area (Å²) in [7, 11) is 0. The summed E-state index contributed by atoms with van der Waals surface area (Å²) in [6.45, 7) is 2.15. The number of hydrogen-bond acceptors (Lipinski definition) is 2.